The smallest absolute Gasteiger partial charge is 0.104 e. The van der Waals surface area contributed by atoms with E-state index >= 15 is 0 Å². The van der Waals surface area contributed by atoms with Crippen LogP contribution in [-0.4, -0.2) is 37.6 Å². The van der Waals surface area contributed by atoms with E-state index in [1.807, 2.05) is 0 Å². The van der Waals surface area contributed by atoms with Crippen LogP contribution in [0.25, 0.3) is 0 Å². The van der Waals surface area contributed by atoms with Gasteiger partial charge in [-0.15, -0.1) is 0 Å². The highest BCUT2D eigenvalue weighted by Gasteiger charge is 2.22. The van der Waals surface area contributed by atoms with Gasteiger partial charge in [-0.05, 0) is 24.7 Å². The number of aliphatic hydroxyl groups is 1. The van der Waals surface area contributed by atoms with Crippen LogP contribution in [0.15, 0.2) is 0 Å². The molecule has 1 aliphatic heterocycles. The molecule has 22 heavy (non-hydrogen) atoms. The zero-order valence-electron chi connectivity index (χ0n) is 15.5. The molecule has 1 fully saturated rings. The fourth-order valence-corrected chi connectivity index (χ4v) is 2.35. The first-order valence-corrected chi connectivity index (χ1v) is 9.51. The molecule has 0 radical (unpaired) electrons. The van der Waals surface area contributed by atoms with Crippen molar-refractivity contribution in [3.8, 4) is 0 Å². The van der Waals surface area contributed by atoms with Gasteiger partial charge in [-0.3, -0.25) is 0 Å². The number of hydrogen-bond acceptors (Lipinski definition) is 3. The minimum Gasteiger partial charge on any atom is -0.396 e. The summed E-state index contributed by atoms with van der Waals surface area (Å²) in [5, 5.41) is 8.75. The predicted molar refractivity (Wildman–Crippen MR) is 94.3 cm³/mol. The Kier molecular flexibility index (Phi) is 15.7. The lowest BCUT2D eigenvalue weighted by Gasteiger charge is -2.13. The van der Waals surface area contributed by atoms with Crippen LogP contribution in [0.1, 0.15) is 79.1 Å². The Morgan fingerprint density at radius 3 is 1.95 bits per heavy atom. The third-order valence-corrected chi connectivity index (χ3v) is 4.40. The van der Waals surface area contributed by atoms with Crippen molar-refractivity contribution < 1.29 is 14.6 Å². The molecule has 0 amide bonds. The second-order valence-corrected chi connectivity index (χ2v) is 6.51. The van der Waals surface area contributed by atoms with E-state index in [0.29, 0.717) is 18.6 Å². The summed E-state index contributed by atoms with van der Waals surface area (Å²) < 4.78 is 10.7. The first-order chi connectivity index (χ1) is 10.7. The van der Waals surface area contributed by atoms with E-state index in [1.54, 1.807) is 0 Å². The van der Waals surface area contributed by atoms with E-state index in [1.165, 1.54) is 44.9 Å². The van der Waals surface area contributed by atoms with E-state index in [-0.39, 0.29) is 0 Å². The largest absolute Gasteiger partial charge is 0.396 e. The highest BCUT2D eigenvalue weighted by molar-refractivity contribution is 4.67. The Morgan fingerprint density at radius 2 is 1.55 bits per heavy atom. The number of ether oxygens (including phenoxy) is 2. The molecule has 1 heterocycles. The average Bonchev–Trinajstić information content (AvgIpc) is 3.36. The molecule has 0 aliphatic carbocycles. The molecule has 134 valence electrons. The van der Waals surface area contributed by atoms with Crippen molar-refractivity contribution in [3.05, 3.63) is 0 Å². The molecular weight excluding hydrogens is 276 g/mol. The Hall–Kier alpha value is -0.120. The minimum atomic E-state index is 0.372. The maximum Gasteiger partial charge on any atom is 0.104 e. The third-order valence-electron chi connectivity index (χ3n) is 4.40. The van der Waals surface area contributed by atoms with Gasteiger partial charge in [0.05, 0.1) is 13.2 Å². The van der Waals surface area contributed by atoms with E-state index in [4.69, 9.17) is 14.6 Å². The molecule has 3 unspecified atom stereocenters. The standard InChI is InChI=1S/C11H22O2.C8H18O/c1-3-5-6-10(4-2)7-12-8-11-9-13-11;1-3-5-6-8(4-2)7-9/h10-11H,3-9H2,1-2H3;8-9H,3-7H2,1-2H3. The summed E-state index contributed by atoms with van der Waals surface area (Å²) in [5.74, 6) is 1.32. The van der Waals surface area contributed by atoms with Gasteiger partial charge in [-0.25, -0.2) is 0 Å². The van der Waals surface area contributed by atoms with Crippen LogP contribution in [0.3, 0.4) is 0 Å². The van der Waals surface area contributed by atoms with Gasteiger partial charge in [0.2, 0.25) is 0 Å². The molecule has 1 saturated heterocycles. The first-order valence-electron chi connectivity index (χ1n) is 9.51. The van der Waals surface area contributed by atoms with Crippen LogP contribution in [-0.2, 0) is 9.47 Å². The number of unbranched alkanes of at least 4 members (excludes halogenated alkanes) is 2. The van der Waals surface area contributed by atoms with Crippen molar-refractivity contribution in [3.63, 3.8) is 0 Å². The van der Waals surface area contributed by atoms with Gasteiger partial charge >= 0.3 is 0 Å². The van der Waals surface area contributed by atoms with Crippen LogP contribution < -0.4 is 0 Å². The molecule has 1 rings (SSSR count). The van der Waals surface area contributed by atoms with Gasteiger partial charge in [0.25, 0.3) is 0 Å². The Morgan fingerprint density at radius 1 is 1.00 bits per heavy atom. The molecule has 1 N–H and O–H groups in total. The molecule has 0 aromatic heterocycles. The number of epoxide rings is 1. The van der Waals surface area contributed by atoms with Crippen molar-refractivity contribution >= 4 is 0 Å². The Balaban J connectivity index is 0.000000433. The zero-order valence-corrected chi connectivity index (χ0v) is 15.5. The fourth-order valence-electron chi connectivity index (χ4n) is 2.35. The lowest BCUT2D eigenvalue weighted by Crippen LogP contribution is -2.11. The van der Waals surface area contributed by atoms with Crippen LogP contribution in [0, 0.1) is 11.8 Å². The Labute approximate surface area is 138 Å². The quantitative estimate of drug-likeness (QED) is 0.496. The van der Waals surface area contributed by atoms with Gasteiger partial charge in [-0.1, -0.05) is 66.2 Å². The average molecular weight is 317 g/mol. The molecule has 0 aromatic rings. The molecule has 0 saturated carbocycles. The van der Waals surface area contributed by atoms with Gasteiger partial charge in [-0.2, -0.15) is 0 Å². The second kappa shape index (κ2) is 15.8. The molecule has 1 aliphatic rings. The van der Waals surface area contributed by atoms with Crippen LogP contribution in [0.5, 0.6) is 0 Å². The SMILES string of the molecule is CCCCC(CC)CO.CCCCC(CC)COCC1CO1. The summed E-state index contributed by atoms with van der Waals surface area (Å²) in [6.45, 7) is 11.8. The topological polar surface area (TPSA) is 42.0 Å². The van der Waals surface area contributed by atoms with Crippen molar-refractivity contribution in [1.82, 2.24) is 0 Å². The van der Waals surface area contributed by atoms with E-state index in [9.17, 15) is 0 Å². The van der Waals surface area contributed by atoms with Crippen molar-refractivity contribution in [2.75, 3.05) is 26.4 Å². The fraction of sp³-hybridized carbons (Fsp3) is 1.00. The Bertz CT molecular complexity index is 213. The zero-order chi connectivity index (χ0) is 16.6. The lowest BCUT2D eigenvalue weighted by molar-refractivity contribution is 0.0813. The van der Waals surface area contributed by atoms with Gasteiger partial charge < -0.3 is 14.6 Å². The molecule has 3 heteroatoms. The summed E-state index contributed by atoms with van der Waals surface area (Å²) in [7, 11) is 0. The molecule has 0 spiro atoms. The van der Waals surface area contributed by atoms with Crippen molar-refractivity contribution in [2.24, 2.45) is 11.8 Å². The summed E-state index contributed by atoms with van der Waals surface area (Å²) in [6.07, 6.45) is 10.4. The van der Waals surface area contributed by atoms with Gasteiger partial charge in [0.1, 0.15) is 6.10 Å². The summed E-state index contributed by atoms with van der Waals surface area (Å²) >= 11 is 0. The van der Waals surface area contributed by atoms with E-state index in [0.717, 1.165) is 32.2 Å². The highest BCUT2D eigenvalue weighted by atomic mass is 16.6. The van der Waals surface area contributed by atoms with Gasteiger partial charge in [0.15, 0.2) is 0 Å². The van der Waals surface area contributed by atoms with Crippen LogP contribution in [0.2, 0.25) is 0 Å². The third kappa shape index (κ3) is 13.5. The minimum absolute atomic E-state index is 0.372. The summed E-state index contributed by atoms with van der Waals surface area (Å²) in [6, 6.07) is 0. The monoisotopic (exact) mass is 316 g/mol. The van der Waals surface area contributed by atoms with Crippen molar-refractivity contribution in [2.45, 2.75) is 85.2 Å². The van der Waals surface area contributed by atoms with Crippen LogP contribution in [0.4, 0.5) is 0 Å². The number of hydrogen-bond donors (Lipinski definition) is 1. The molecule has 0 bridgehead atoms. The van der Waals surface area contributed by atoms with Gasteiger partial charge in [0, 0.05) is 13.2 Å². The maximum atomic E-state index is 8.75. The van der Waals surface area contributed by atoms with E-state index < -0.39 is 0 Å². The molecule has 3 nitrogen and oxygen atoms in total. The number of rotatable bonds is 13. The lowest BCUT2D eigenvalue weighted by atomic mass is 10.0. The summed E-state index contributed by atoms with van der Waals surface area (Å²) in [5.41, 5.74) is 0. The molecule has 0 aromatic carbocycles. The predicted octanol–water partition coefficient (Wildman–Crippen LogP) is 4.81. The molecular formula is C19H40O3. The van der Waals surface area contributed by atoms with Crippen LogP contribution >= 0.6 is 0 Å². The maximum absolute atomic E-state index is 8.75. The molecule has 3 atom stereocenters. The van der Waals surface area contributed by atoms with E-state index in [2.05, 4.69) is 27.7 Å². The normalized spacial score (nSPS) is 19.2. The van der Waals surface area contributed by atoms with Crippen molar-refractivity contribution in [1.29, 1.82) is 0 Å². The summed E-state index contributed by atoms with van der Waals surface area (Å²) in [4.78, 5) is 0. The second-order valence-electron chi connectivity index (χ2n) is 6.51. The first kappa shape index (κ1) is 21.9. The highest BCUT2D eigenvalue weighted by Crippen LogP contribution is 2.15. The number of aliphatic hydroxyl groups excluding tert-OH is 1.